The summed E-state index contributed by atoms with van der Waals surface area (Å²) >= 11 is 0. The van der Waals surface area contributed by atoms with Crippen LogP contribution in [-0.2, 0) is 12.6 Å². The second-order valence-electron chi connectivity index (χ2n) is 5.01. The number of aliphatic hydroxyl groups is 1. The molecule has 0 heterocycles. The summed E-state index contributed by atoms with van der Waals surface area (Å²) in [7, 11) is 0. The van der Waals surface area contributed by atoms with E-state index in [1.54, 1.807) is 6.07 Å². The Labute approximate surface area is 105 Å². The third-order valence-electron chi connectivity index (χ3n) is 3.62. The summed E-state index contributed by atoms with van der Waals surface area (Å²) in [5.41, 5.74) is 0.0566. The summed E-state index contributed by atoms with van der Waals surface area (Å²) in [5.74, 6) is 0.0993. The zero-order chi connectivity index (χ0) is 13.2. The lowest BCUT2D eigenvalue weighted by Gasteiger charge is -2.27. The summed E-state index contributed by atoms with van der Waals surface area (Å²) in [6, 6.07) is 5.42. The van der Waals surface area contributed by atoms with E-state index in [4.69, 9.17) is 0 Å². The molecule has 2 atom stereocenters. The Kier molecular flexibility index (Phi) is 3.95. The Morgan fingerprint density at radius 1 is 1.17 bits per heavy atom. The fraction of sp³-hybridized carbons (Fsp3) is 0.571. The molecule has 0 bridgehead atoms. The van der Waals surface area contributed by atoms with Gasteiger partial charge in [-0.15, -0.1) is 0 Å². The Morgan fingerprint density at radius 3 is 2.56 bits per heavy atom. The highest BCUT2D eigenvalue weighted by atomic mass is 19.4. The van der Waals surface area contributed by atoms with Crippen molar-refractivity contribution in [2.75, 3.05) is 0 Å². The van der Waals surface area contributed by atoms with Crippen LogP contribution in [0.25, 0.3) is 0 Å². The molecule has 18 heavy (non-hydrogen) atoms. The van der Waals surface area contributed by atoms with Gasteiger partial charge in [0.1, 0.15) is 0 Å². The molecule has 1 nitrogen and oxygen atoms in total. The van der Waals surface area contributed by atoms with Crippen LogP contribution in [0.5, 0.6) is 0 Å². The number of hydrogen-bond acceptors (Lipinski definition) is 1. The van der Waals surface area contributed by atoms with Gasteiger partial charge in [0.25, 0.3) is 0 Å². The van der Waals surface area contributed by atoms with Crippen molar-refractivity contribution in [3.63, 3.8) is 0 Å². The third kappa shape index (κ3) is 3.25. The van der Waals surface area contributed by atoms with Crippen LogP contribution in [0.15, 0.2) is 24.3 Å². The van der Waals surface area contributed by atoms with Crippen LogP contribution in [0.4, 0.5) is 13.2 Å². The quantitative estimate of drug-likeness (QED) is 0.855. The second kappa shape index (κ2) is 5.31. The first kappa shape index (κ1) is 13.4. The predicted octanol–water partition coefficient (Wildman–Crippen LogP) is 3.80. The van der Waals surface area contributed by atoms with Crippen LogP contribution in [0, 0.1) is 5.92 Å². The highest BCUT2D eigenvalue weighted by Gasteiger charge is 2.31. The van der Waals surface area contributed by atoms with Crippen LogP contribution in [0.3, 0.4) is 0 Å². The first-order chi connectivity index (χ1) is 8.47. The van der Waals surface area contributed by atoms with Gasteiger partial charge in [-0.1, -0.05) is 31.0 Å². The maximum absolute atomic E-state index is 12.6. The lowest BCUT2D eigenvalue weighted by molar-refractivity contribution is -0.137. The highest BCUT2D eigenvalue weighted by molar-refractivity contribution is 5.26. The van der Waals surface area contributed by atoms with Crippen molar-refractivity contribution in [3.8, 4) is 0 Å². The van der Waals surface area contributed by atoms with Crippen LogP contribution in [-0.4, -0.2) is 11.2 Å². The molecule has 2 rings (SSSR count). The van der Waals surface area contributed by atoms with E-state index in [1.165, 1.54) is 12.1 Å². The van der Waals surface area contributed by atoms with Crippen molar-refractivity contribution in [1.29, 1.82) is 0 Å². The SMILES string of the molecule is OC1CCCCC1Cc1cccc(C(F)(F)F)c1. The van der Waals surface area contributed by atoms with Crippen molar-refractivity contribution in [2.45, 2.75) is 44.4 Å². The number of aliphatic hydroxyl groups excluding tert-OH is 1. The minimum absolute atomic E-state index is 0.0993. The first-order valence-corrected chi connectivity index (χ1v) is 6.31. The van der Waals surface area contributed by atoms with E-state index in [0.717, 1.165) is 31.7 Å². The zero-order valence-electron chi connectivity index (χ0n) is 10.1. The maximum atomic E-state index is 12.6. The summed E-state index contributed by atoms with van der Waals surface area (Å²) in [6.07, 6.45) is -0.387. The van der Waals surface area contributed by atoms with Crippen LogP contribution in [0.1, 0.15) is 36.8 Å². The lowest BCUT2D eigenvalue weighted by Crippen LogP contribution is -2.26. The van der Waals surface area contributed by atoms with Gasteiger partial charge < -0.3 is 5.11 Å². The molecule has 1 N–H and O–H groups in total. The van der Waals surface area contributed by atoms with Gasteiger partial charge in [0.05, 0.1) is 11.7 Å². The number of hydrogen-bond donors (Lipinski definition) is 1. The minimum Gasteiger partial charge on any atom is -0.393 e. The van der Waals surface area contributed by atoms with Gasteiger partial charge in [0.2, 0.25) is 0 Å². The molecular weight excluding hydrogens is 241 g/mol. The second-order valence-corrected chi connectivity index (χ2v) is 5.01. The minimum atomic E-state index is -4.29. The van der Waals surface area contributed by atoms with Crippen LogP contribution in [0.2, 0.25) is 0 Å². The average Bonchev–Trinajstić information content (AvgIpc) is 2.31. The molecule has 0 radical (unpaired) electrons. The normalized spacial score (nSPS) is 25.1. The Balaban J connectivity index is 2.09. The topological polar surface area (TPSA) is 20.2 Å². The number of halogens is 3. The molecule has 1 aromatic carbocycles. The molecule has 0 amide bonds. The van der Waals surface area contributed by atoms with Gasteiger partial charge in [-0.2, -0.15) is 13.2 Å². The largest absolute Gasteiger partial charge is 0.416 e. The van der Waals surface area contributed by atoms with Gasteiger partial charge in [-0.3, -0.25) is 0 Å². The summed E-state index contributed by atoms with van der Waals surface area (Å²) in [5, 5.41) is 9.84. The van der Waals surface area contributed by atoms with Crippen LogP contribution < -0.4 is 0 Å². The van der Waals surface area contributed by atoms with Crippen molar-refractivity contribution >= 4 is 0 Å². The number of alkyl halides is 3. The van der Waals surface area contributed by atoms with E-state index < -0.39 is 11.7 Å². The van der Waals surface area contributed by atoms with E-state index in [1.807, 2.05) is 0 Å². The number of rotatable bonds is 2. The molecule has 100 valence electrons. The molecule has 0 aromatic heterocycles. The first-order valence-electron chi connectivity index (χ1n) is 6.31. The standard InChI is InChI=1S/C14H17F3O/c15-14(16,17)12-6-3-4-10(9-12)8-11-5-1-2-7-13(11)18/h3-4,6,9,11,13,18H,1-2,5,7-8H2. The summed E-state index contributed by atoms with van der Waals surface area (Å²) < 4.78 is 37.7. The van der Waals surface area contributed by atoms with Crippen LogP contribution >= 0.6 is 0 Å². The molecular formula is C14H17F3O. The van der Waals surface area contributed by atoms with Gasteiger partial charge in [0, 0.05) is 0 Å². The number of benzene rings is 1. The molecule has 2 unspecified atom stereocenters. The fourth-order valence-corrected chi connectivity index (χ4v) is 2.60. The summed E-state index contributed by atoms with van der Waals surface area (Å²) in [6.45, 7) is 0. The molecule has 0 aliphatic heterocycles. The van der Waals surface area contributed by atoms with Gasteiger partial charge in [0.15, 0.2) is 0 Å². The molecule has 4 heteroatoms. The molecule has 1 aliphatic rings. The predicted molar refractivity (Wildman–Crippen MR) is 63.1 cm³/mol. The Morgan fingerprint density at radius 2 is 1.89 bits per heavy atom. The third-order valence-corrected chi connectivity index (χ3v) is 3.62. The molecule has 0 spiro atoms. The molecule has 1 aromatic rings. The average molecular weight is 258 g/mol. The van der Waals surface area contributed by atoms with E-state index in [0.29, 0.717) is 12.0 Å². The Hall–Kier alpha value is -1.03. The van der Waals surface area contributed by atoms with Crippen molar-refractivity contribution < 1.29 is 18.3 Å². The smallest absolute Gasteiger partial charge is 0.393 e. The molecule has 1 saturated carbocycles. The summed E-state index contributed by atoms with van der Waals surface area (Å²) in [4.78, 5) is 0. The van der Waals surface area contributed by atoms with Crippen molar-refractivity contribution in [2.24, 2.45) is 5.92 Å². The molecule has 1 fully saturated rings. The van der Waals surface area contributed by atoms with Gasteiger partial charge >= 0.3 is 6.18 Å². The zero-order valence-corrected chi connectivity index (χ0v) is 10.1. The Bertz CT molecular complexity index is 400. The van der Waals surface area contributed by atoms with Crippen molar-refractivity contribution in [1.82, 2.24) is 0 Å². The van der Waals surface area contributed by atoms with E-state index in [9.17, 15) is 18.3 Å². The lowest BCUT2D eigenvalue weighted by atomic mass is 9.82. The molecule has 0 saturated heterocycles. The molecule has 1 aliphatic carbocycles. The van der Waals surface area contributed by atoms with E-state index in [2.05, 4.69) is 0 Å². The van der Waals surface area contributed by atoms with E-state index in [-0.39, 0.29) is 12.0 Å². The van der Waals surface area contributed by atoms with Gasteiger partial charge in [-0.05, 0) is 36.8 Å². The van der Waals surface area contributed by atoms with E-state index >= 15 is 0 Å². The maximum Gasteiger partial charge on any atom is 0.416 e. The van der Waals surface area contributed by atoms with Crippen molar-refractivity contribution in [3.05, 3.63) is 35.4 Å². The van der Waals surface area contributed by atoms with Gasteiger partial charge in [-0.25, -0.2) is 0 Å². The monoisotopic (exact) mass is 258 g/mol. The highest BCUT2D eigenvalue weighted by Crippen LogP contribution is 2.32. The fourth-order valence-electron chi connectivity index (χ4n) is 2.60.